The van der Waals surface area contributed by atoms with Gasteiger partial charge in [-0.2, -0.15) is 0 Å². The first-order valence-corrected chi connectivity index (χ1v) is 16.3. The Kier molecular flexibility index (Phi) is 11.1. The van der Waals surface area contributed by atoms with Crippen LogP contribution >= 0.6 is 15.9 Å². The number of amides is 3. The summed E-state index contributed by atoms with van der Waals surface area (Å²) < 4.78 is 6.75. The number of carbonyl (C=O) groups excluding carboxylic acids is 3. The van der Waals surface area contributed by atoms with E-state index in [9.17, 15) is 19.5 Å². The van der Waals surface area contributed by atoms with Gasteiger partial charge < -0.3 is 24.5 Å². The minimum atomic E-state index is -1.10. The molecule has 3 fully saturated rings. The van der Waals surface area contributed by atoms with E-state index in [0.717, 1.165) is 31.4 Å². The van der Waals surface area contributed by atoms with Gasteiger partial charge in [0, 0.05) is 42.8 Å². The molecule has 0 radical (unpaired) electrons. The van der Waals surface area contributed by atoms with Gasteiger partial charge in [0.15, 0.2) is 0 Å². The lowest BCUT2D eigenvalue weighted by Crippen LogP contribution is -2.58. The summed E-state index contributed by atoms with van der Waals surface area (Å²) in [5.74, 6) is -1.98. The molecule has 3 heterocycles. The van der Waals surface area contributed by atoms with Crippen LogP contribution in [-0.2, 0) is 19.1 Å². The third-order valence-electron chi connectivity index (χ3n) is 9.11. The van der Waals surface area contributed by atoms with Gasteiger partial charge >= 0.3 is 0 Å². The zero-order valence-electron chi connectivity index (χ0n) is 25.0. The summed E-state index contributed by atoms with van der Waals surface area (Å²) in [6, 6.07) is 8.55. The molecule has 0 aliphatic carbocycles. The van der Waals surface area contributed by atoms with Crippen LogP contribution in [0, 0.1) is 11.8 Å². The third-order valence-corrected chi connectivity index (χ3v) is 9.95. The van der Waals surface area contributed by atoms with Gasteiger partial charge in [-0.25, -0.2) is 0 Å². The molecule has 4 unspecified atom stereocenters. The van der Waals surface area contributed by atoms with E-state index in [1.54, 1.807) is 22.0 Å². The zero-order valence-corrected chi connectivity index (χ0v) is 26.6. The number of fused-ring (bicyclic) bond motifs is 1. The van der Waals surface area contributed by atoms with E-state index in [0.29, 0.717) is 38.9 Å². The Morgan fingerprint density at radius 3 is 2.48 bits per heavy atom. The van der Waals surface area contributed by atoms with Gasteiger partial charge in [0.2, 0.25) is 17.7 Å². The lowest BCUT2D eigenvalue weighted by molar-refractivity contribution is -0.149. The van der Waals surface area contributed by atoms with Crippen LogP contribution in [0.4, 0.5) is 5.69 Å². The van der Waals surface area contributed by atoms with Gasteiger partial charge in [0.05, 0.1) is 17.9 Å². The Balaban J connectivity index is 1.74. The second-order valence-electron chi connectivity index (χ2n) is 11.8. The minimum Gasteiger partial charge on any atom is -0.396 e. The van der Waals surface area contributed by atoms with Crippen molar-refractivity contribution in [3.8, 4) is 0 Å². The summed E-state index contributed by atoms with van der Waals surface area (Å²) in [6.45, 7) is 13.1. The van der Waals surface area contributed by atoms with E-state index in [1.807, 2.05) is 42.2 Å². The van der Waals surface area contributed by atoms with Crippen molar-refractivity contribution in [1.82, 2.24) is 9.80 Å². The van der Waals surface area contributed by atoms with E-state index in [2.05, 4.69) is 36.0 Å². The first-order valence-electron chi connectivity index (χ1n) is 15.4. The molecule has 1 aromatic rings. The first kappa shape index (κ1) is 32.4. The molecule has 7 atom stereocenters. The van der Waals surface area contributed by atoms with Crippen molar-refractivity contribution in [3.05, 3.63) is 55.6 Å². The standard InChI is InChI=1S/C33H46BrN3O5/c1-5-15-23(4)35(18-6-2)32(41)29-33-22-25(34)28(42-33)26(27(33)31(40)37(29)20-13-8-9-14-21-38)30(39)36(19-7-3)24-16-11-10-12-17-24/h6-7,10-12,16-17,23,25-29,38H,2-3,5,8-9,13-15,18-22H2,1,4H3/t23?,25?,26-,27+,28-,29?,33?/m1/s1. The highest BCUT2D eigenvalue weighted by Crippen LogP contribution is 2.60. The number of hydrogen-bond acceptors (Lipinski definition) is 5. The van der Waals surface area contributed by atoms with Gasteiger partial charge in [0.25, 0.3) is 0 Å². The second-order valence-corrected chi connectivity index (χ2v) is 13.0. The van der Waals surface area contributed by atoms with E-state index in [1.165, 1.54) is 0 Å². The van der Waals surface area contributed by atoms with Crippen molar-refractivity contribution in [3.63, 3.8) is 0 Å². The Morgan fingerprint density at radius 2 is 1.83 bits per heavy atom. The van der Waals surface area contributed by atoms with Gasteiger partial charge in [-0.05, 0) is 44.7 Å². The van der Waals surface area contributed by atoms with Crippen LogP contribution in [0.5, 0.6) is 0 Å². The van der Waals surface area contributed by atoms with Gasteiger partial charge in [0.1, 0.15) is 11.6 Å². The molecule has 3 aliphatic heterocycles. The molecule has 3 amide bonds. The highest BCUT2D eigenvalue weighted by Gasteiger charge is 2.77. The molecule has 0 saturated carbocycles. The average Bonchev–Trinajstić information content (AvgIpc) is 3.57. The Bertz CT molecular complexity index is 1130. The normalized spacial score (nSPS) is 28.4. The number of alkyl halides is 1. The first-order chi connectivity index (χ1) is 20.3. The van der Waals surface area contributed by atoms with Crippen LogP contribution in [0.1, 0.15) is 58.8 Å². The molecule has 3 saturated heterocycles. The molecule has 1 N–H and O–H groups in total. The predicted octanol–water partition coefficient (Wildman–Crippen LogP) is 4.71. The van der Waals surface area contributed by atoms with Crippen molar-refractivity contribution in [1.29, 1.82) is 0 Å². The lowest BCUT2D eigenvalue weighted by atomic mass is 9.70. The molecule has 2 bridgehead atoms. The number of aliphatic hydroxyl groups excluding tert-OH is 1. The Hall–Kier alpha value is -2.49. The van der Waals surface area contributed by atoms with Crippen molar-refractivity contribution in [2.45, 2.75) is 87.4 Å². The van der Waals surface area contributed by atoms with Crippen molar-refractivity contribution < 1.29 is 24.2 Å². The fraction of sp³-hybridized carbons (Fsp3) is 0.606. The molecule has 1 aromatic carbocycles. The largest absolute Gasteiger partial charge is 0.396 e. The van der Waals surface area contributed by atoms with Crippen LogP contribution in [0.2, 0.25) is 0 Å². The van der Waals surface area contributed by atoms with Crippen LogP contribution in [0.15, 0.2) is 55.6 Å². The maximum atomic E-state index is 14.6. The third kappa shape index (κ3) is 5.97. The molecule has 42 heavy (non-hydrogen) atoms. The summed E-state index contributed by atoms with van der Waals surface area (Å²) in [7, 11) is 0. The van der Waals surface area contributed by atoms with Crippen LogP contribution in [0.3, 0.4) is 0 Å². The number of benzene rings is 1. The van der Waals surface area contributed by atoms with Gasteiger partial charge in [-0.3, -0.25) is 14.4 Å². The minimum absolute atomic E-state index is 0.0329. The van der Waals surface area contributed by atoms with Crippen molar-refractivity contribution in [2.24, 2.45) is 11.8 Å². The average molecular weight is 645 g/mol. The summed E-state index contributed by atoms with van der Waals surface area (Å²) in [4.78, 5) is 48.4. The predicted molar refractivity (Wildman–Crippen MR) is 168 cm³/mol. The Labute approximate surface area is 258 Å². The number of anilines is 1. The second kappa shape index (κ2) is 14.3. The van der Waals surface area contributed by atoms with Gasteiger partial charge in [-0.1, -0.05) is 72.5 Å². The number of hydrogen-bond donors (Lipinski definition) is 1. The summed E-state index contributed by atoms with van der Waals surface area (Å²) in [6.07, 6.45) is 8.21. The summed E-state index contributed by atoms with van der Waals surface area (Å²) in [5, 5.41) is 9.21. The fourth-order valence-electron chi connectivity index (χ4n) is 7.28. The number of carbonyl (C=O) groups is 3. The number of unbranched alkanes of at least 4 members (excludes halogenated alkanes) is 3. The summed E-state index contributed by atoms with van der Waals surface area (Å²) in [5.41, 5.74) is -0.366. The zero-order chi connectivity index (χ0) is 30.4. The smallest absolute Gasteiger partial charge is 0.248 e. The molecule has 230 valence electrons. The molecule has 1 spiro atoms. The lowest BCUT2D eigenvalue weighted by Gasteiger charge is -2.39. The van der Waals surface area contributed by atoms with E-state index < -0.39 is 29.6 Å². The number of likely N-dealkylation sites (tertiary alicyclic amines) is 1. The van der Waals surface area contributed by atoms with Gasteiger partial charge in [-0.15, -0.1) is 13.2 Å². The topological polar surface area (TPSA) is 90.4 Å². The molecular formula is C33H46BrN3O5. The van der Waals surface area contributed by atoms with E-state index >= 15 is 0 Å². The maximum Gasteiger partial charge on any atom is 0.248 e. The summed E-state index contributed by atoms with van der Waals surface area (Å²) >= 11 is 3.79. The monoisotopic (exact) mass is 643 g/mol. The molecular weight excluding hydrogens is 598 g/mol. The van der Waals surface area contributed by atoms with Crippen LogP contribution in [0.25, 0.3) is 0 Å². The number of ether oxygens (including phenoxy) is 1. The van der Waals surface area contributed by atoms with Crippen molar-refractivity contribution >= 4 is 39.3 Å². The molecule has 4 rings (SSSR count). The quantitative estimate of drug-likeness (QED) is 0.160. The highest BCUT2D eigenvalue weighted by atomic mass is 79.9. The van der Waals surface area contributed by atoms with E-state index in [-0.39, 0.29) is 35.2 Å². The molecule has 0 aromatic heterocycles. The molecule has 9 heteroatoms. The SMILES string of the molecule is C=CCN(C(=O)[C@H]1[C@@H]2OC3(CC2Br)C(C(=O)N(CC=C)C(C)CCC)N(CCCCCCO)C(=O)[C@H]13)c1ccccc1. The number of nitrogens with zero attached hydrogens (tertiary/aromatic N) is 3. The number of aliphatic hydroxyl groups is 1. The van der Waals surface area contributed by atoms with Crippen LogP contribution < -0.4 is 4.90 Å². The number of para-hydroxylation sites is 1. The Morgan fingerprint density at radius 1 is 1.14 bits per heavy atom. The number of rotatable bonds is 16. The fourth-order valence-corrected chi connectivity index (χ4v) is 8.22. The van der Waals surface area contributed by atoms with E-state index in [4.69, 9.17) is 4.74 Å². The van der Waals surface area contributed by atoms with Crippen LogP contribution in [-0.4, -0.2) is 87.5 Å². The number of halogens is 1. The maximum absolute atomic E-state index is 14.6. The highest BCUT2D eigenvalue weighted by molar-refractivity contribution is 9.09. The molecule has 3 aliphatic rings. The molecule has 8 nitrogen and oxygen atoms in total. The van der Waals surface area contributed by atoms with Crippen molar-refractivity contribution in [2.75, 3.05) is 31.1 Å².